The van der Waals surface area contributed by atoms with E-state index in [1.54, 1.807) is 0 Å². The third-order valence-electron chi connectivity index (χ3n) is 5.45. The maximum atomic E-state index is 4.90. The van der Waals surface area contributed by atoms with Crippen LogP contribution in [-0.2, 0) is 18.4 Å². The molecule has 166 valence electrons. The van der Waals surface area contributed by atoms with Crippen molar-refractivity contribution in [3.63, 3.8) is 0 Å². The average Bonchev–Trinajstić information content (AvgIpc) is 3.43. The molecule has 0 fully saturated rings. The summed E-state index contributed by atoms with van der Waals surface area (Å²) in [5, 5.41) is 19.2. The van der Waals surface area contributed by atoms with Crippen molar-refractivity contribution in [1.82, 2.24) is 35.4 Å². The smallest absolute Gasteiger partial charge is 0.180 e. The number of rotatable bonds is 7. The lowest BCUT2D eigenvalue weighted by atomic mass is 9.97. The lowest BCUT2D eigenvalue weighted by Crippen LogP contribution is -2.25. The predicted octanol–water partition coefficient (Wildman–Crippen LogP) is 5.06. The molecule has 0 amide bonds. The van der Waals surface area contributed by atoms with Gasteiger partial charge in [0.1, 0.15) is 5.82 Å². The van der Waals surface area contributed by atoms with E-state index in [1.165, 1.54) is 5.56 Å². The van der Waals surface area contributed by atoms with Crippen LogP contribution in [0, 0.1) is 5.92 Å². The summed E-state index contributed by atoms with van der Waals surface area (Å²) in [6, 6.07) is 16.8. The third kappa shape index (κ3) is 4.93. The van der Waals surface area contributed by atoms with Crippen LogP contribution < -0.4 is 0 Å². The first kappa shape index (κ1) is 21.9. The Hall–Kier alpha value is -3.35. The third-order valence-corrected chi connectivity index (χ3v) is 5.45. The maximum absolute atomic E-state index is 4.90. The van der Waals surface area contributed by atoms with E-state index in [0.717, 1.165) is 47.6 Å². The summed E-state index contributed by atoms with van der Waals surface area (Å²) in [5.41, 5.74) is 4.29. The molecule has 0 unspecified atom stereocenters. The van der Waals surface area contributed by atoms with E-state index in [9.17, 15) is 0 Å². The molecule has 0 aliphatic carbocycles. The van der Waals surface area contributed by atoms with Gasteiger partial charge in [-0.25, -0.2) is 14.8 Å². The van der Waals surface area contributed by atoms with Gasteiger partial charge in [-0.2, -0.15) is 5.10 Å². The fourth-order valence-electron chi connectivity index (χ4n) is 3.77. The zero-order valence-corrected chi connectivity index (χ0v) is 19.5. The van der Waals surface area contributed by atoms with Crippen molar-refractivity contribution in [2.45, 2.75) is 59.4 Å². The Kier molecular flexibility index (Phi) is 6.17. The van der Waals surface area contributed by atoms with Crippen LogP contribution in [0.2, 0.25) is 0 Å². The summed E-state index contributed by atoms with van der Waals surface area (Å²) >= 11 is 0. The topological polar surface area (TPSA) is 85.2 Å². The molecule has 2 heterocycles. The van der Waals surface area contributed by atoms with Gasteiger partial charge in [-0.3, -0.25) is 0 Å². The second-order valence-corrected chi connectivity index (χ2v) is 9.63. The molecule has 0 aliphatic rings. The quantitative estimate of drug-likeness (QED) is 0.444. The van der Waals surface area contributed by atoms with E-state index in [1.807, 2.05) is 18.2 Å². The van der Waals surface area contributed by atoms with Gasteiger partial charge < -0.3 is 0 Å². The number of hydrogen-bond acceptors (Lipinski definition) is 5. The Labute approximate surface area is 189 Å². The molecule has 7 heteroatoms. The highest BCUT2D eigenvalue weighted by Crippen LogP contribution is 2.30. The Morgan fingerprint density at radius 1 is 0.969 bits per heavy atom. The van der Waals surface area contributed by atoms with Crippen molar-refractivity contribution >= 4 is 0 Å². The molecule has 0 spiro atoms. The summed E-state index contributed by atoms with van der Waals surface area (Å²) in [4.78, 5) is 4.90. The van der Waals surface area contributed by atoms with Crippen LogP contribution in [0.5, 0.6) is 0 Å². The van der Waals surface area contributed by atoms with Gasteiger partial charge in [-0.05, 0) is 60.2 Å². The maximum Gasteiger partial charge on any atom is 0.180 e. The summed E-state index contributed by atoms with van der Waals surface area (Å²) < 4.78 is 2.09. The summed E-state index contributed by atoms with van der Waals surface area (Å²) in [6.45, 7) is 11.0. The van der Waals surface area contributed by atoms with Crippen LogP contribution >= 0.6 is 0 Å². The largest absolute Gasteiger partial charge is 0.244 e. The number of nitrogens with zero attached hydrogens (tertiary/aromatic N) is 6. The monoisotopic (exact) mass is 429 g/mol. The van der Waals surface area contributed by atoms with Crippen LogP contribution in [-0.4, -0.2) is 35.4 Å². The first-order valence-corrected chi connectivity index (χ1v) is 11.2. The molecule has 0 saturated heterocycles. The molecule has 0 aliphatic heterocycles. The number of hydrogen-bond donors (Lipinski definition) is 1. The van der Waals surface area contributed by atoms with Crippen molar-refractivity contribution in [2.24, 2.45) is 5.92 Å². The van der Waals surface area contributed by atoms with E-state index in [0.29, 0.717) is 11.7 Å². The fraction of sp³-hybridized carbons (Fsp3) is 0.400. The van der Waals surface area contributed by atoms with Gasteiger partial charge in [0.15, 0.2) is 11.6 Å². The number of tetrazole rings is 1. The second kappa shape index (κ2) is 9.02. The average molecular weight is 430 g/mol. The minimum absolute atomic E-state index is 0.109. The zero-order valence-electron chi connectivity index (χ0n) is 19.5. The van der Waals surface area contributed by atoms with Crippen LogP contribution in [0.1, 0.15) is 58.3 Å². The lowest BCUT2D eigenvalue weighted by molar-refractivity contribution is 0.341. The van der Waals surface area contributed by atoms with E-state index < -0.39 is 0 Å². The Balaban J connectivity index is 1.59. The zero-order chi connectivity index (χ0) is 22.7. The number of aromatic nitrogens is 7. The Morgan fingerprint density at radius 2 is 1.69 bits per heavy atom. The van der Waals surface area contributed by atoms with Crippen molar-refractivity contribution in [1.29, 1.82) is 0 Å². The van der Waals surface area contributed by atoms with Crippen molar-refractivity contribution in [2.75, 3.05) is 0 Å². The number of nitrogens with one attached hydrogen (secondary N) is 1. The number of aromatic amines is 1. The predicted molar refractivity (Wildman–Crippen MR) is 126 cm³/mol. The first-order valence-electron chi connectivity index (χ1n) is 11.2. The molecule has 0 radical (unpaired) electrons. The van der Waals surface area contributed by atoms with E-state index in [-0.39, 0.29) is 5.54 Å². The lowest BCUT2D eigenvalue weighted by Gasteiger charge is -2.21. The summed E-state index contributed by atoms with van der Waals surface area (Å²) in [7, 11) is 0. The number of benzene rings is 2. The van der Waals surface area contributed by atoms with E-state index in [2.05, 4.69) is 90.3 Å². The highest BCUT2D eigenvalue weighted by atomic mass is 15.5. The van der Waals surface area contributed by atoms with Gasteiger partial charge in [-0.15, -0.1) is 5.10 Å². The molecule has 4 aromatic rings. The fourth-order valence-corrected chi connectivity index (χ4v) is 3.77. The minimum atomic E-state index is -0.109. The molecule has 0 bridgehead atoms. The van der Waals surface area contributed by atoms with Crippen LogP contribution in [0.3, 0.4) is 0 Å². The molecular formula is C25H31N7. The molecular weight excluding hydrogens is 398 g/mol. The molecule has 4 rings (SSSR count). The normalized spacial score (nSPS) is 11.9. The van der Waals surface area contributed by atoms with Gasteiger partial charge in [0.25, 0.3) is 0 Å². The number of H-pyrrole nitrogens is 1. The second-order valence-electron chi connectivity index (χ2n) is 9.63. The van der Waals surface area contributed by atoms with Gasteiger partial charge in [0.05, 0.1) is 5.54 Å². The highest BCUT2D eigenvalue weighted by molar-refractivity contribution is 5.80. The van der Waals surface area contributed by atoms with Crippen LogP contribution in [0.25, 0.3) is 22.5 Å². The van der Waals surface area contributed by atoms with Gasteiger partial charge >= 0.3 is 0 Å². The Morgan fingerprint density at radius 3 is 2.31 bits per heavy atom. The van der Waals surface area contributed by atoms with Gasteiger partial charge in [-0.1, -0.05) is 62.4 Å². The molecule has 32 heavy (non-hydrogen) atoms. The van der Waals surface area contributed by atoms with Crippen LogP contribution in [0.4, 0.5) is 0 Å². The first-order chi connectivity index (χ1) is 15.3. The standard InChI is InChI=1S/C25H31N7/c1-17(2)10-15-22-26-23(32(29-22)25(3,4)5)16-18-11-13-19(14-12-18)20-8-6-7-9-21(20)24-27-30-31-28-24/h6-9,11-14,17H,10,15-16H2,1-5H3,(H,27,28,30,31). The van der Waals surface area contributed by atoms with Crippen LogP contribution in [0.15, 0.2) is 48.5 Å². The molecule has 0 atom stereocenters. The SMILES string of the molecule is CC(C)CCc1nc(Cc2ccc(-c3ccccc3-c3nnn[nH]3)cc2)n(C(C)(C)C)n1. The minimum Gasteiger partial charge on any atom is -0.244 e. The van der Waals surface area contributed by atoms with E-state index in [4.69, 9.17) is 10.1 Å². The van der Waals surface area contributed by atoms with Crippen molar-refractivity contribution in [3.8, 4) is 22.5 Å². The molecule has 2 aromatic heterocycles. The van der Waals surface area contributed by atoms with Crippen molar-refractivity contribution in [3.05, 3.63) is 65.7 Å². The highest BCUT2D eigenvalue weighted by Gasteiger charge is 2.21. The number of aryl methyl sites for hydroxylation is 1. The molecule has 2 aromatic carbocycles. The van der Waals surface area contributed by atoms with Gasteiger partial charge in [0.2, 0.25) is 0 Å². The summed E-state index contributed by atoms with van der Waals surface area (Å²) in [5.74, 6) is 3.26. The molecule has 1 N–H and O–H groups in total. The molecule has 7 nitrogen and oxygen atoms in total. The molecule has 0 saturated carbocycles. The van der Waals surface area contributed by atoms with E-state index >= 15 is 0 Å². The van der Waals surface area contributed by atoms with Crippen molar-refractivity contribution < 1.29 is 0 Å². The Bertz CT molecular complexity index is 1150. The van der Waals surface area contributed by atoms with Gasteiger partial charge in [0, 0.05) is 18.4 Å². The summed E-state index contributed by atoms with van der Waals surface area (Å²) in [6.07, 6.45) is 2.77.